The standard InChI is InChI=1S/C25H33N7O5/c1-16-13-20(32-37-16)24(36)30-19(15-21(33)31-25(2,3)4)23(35)29-12-11-28-22(34)17-7-5-8-18(14-17)27-10-6-9-26/h5-10,13-14,19H,11-12,15,26H2,1-4H3,(H,28,34)(H,29,35)(H,30,36)(H,31,33)/t19-/m0/s1. The highest BCUT2D eigenvalue weighted by atomic mass is 16.5. The highest BCUT2D eigenvalue weighted by molar-refractivity contribution is 5.98. The molecule has 6 N–H and O–H groups in total. The van der Waals surface area contributed by atoms with E-state index in [1.807, 2.05) is 0 Å². The van der Waals surface area contributed by atoms with E-state index in [1.54, 1.807) is 58.0 Å². The first-order valence-electron chi connectivity index (χ1n) is 11.6. The molecule has 2 aromatic rings. The van der Waals surface area contributed by atoms with E-state index in [-0.39, 0.29) is 31.1 Å². The third kappa shape index (κ3) is 10.3. The first kappa shape index (κ1) is 28.8. The Labute approximate surface area is 215 Å². The molecule has 0 unspecified atom stereocenters. The maximum Gasteiger partial charge on any atom is 0.274 e. The number of hydrogen-bond donors (Lipinski definition) is 5. The summed E-state index contributed by atoms with van der Waals surface area (Å²) >= 11 is 0. The number of aryl methyl sites for hydroxylation is 1. The van der Waals surface area contributed by atoms with E-state index < -0.39 is 29.3 Å². The molecule has 37 heavy (non-hydrogen) atoms. The molecular weight excluding hydrogens is 478 g/mol. The fraction of sp³-hybridized carbons (Fsp3) is 0.360. The third-order valence-electron chi connectivity index (χ3n) is 4.63. The lowest BCUT2D eigenvalue weighted by Crippen LogP contribution is -2.51. The maximum atomic E-state index is 12.8. The van der Waals surface area contributed by atoms with Gasteiger partial charge in [-0.3, -0.25) is 24.2 Å². The average molecular weight is 512 g/mol. The fourth-order valence-electron chi connectivity index (χ4n) is 3.06. The molecule has 1 heterocycles. The molecule has 2 rings (SSSR count). The SMILES string of the molecule is Cc1cc(C(=O)N[C@@H](CC(=O)NC(C)(C)C)C(=O)NCCNC(=O)c2cccc(N=CC=CN)c2)no1. The lowest BCUT2D eigenvalue weighted by molar-refractivity contribution is -0.128. The van der Waals surface area contributed by atoms with Crippen molar-refractivity contribution in [1.82, 2.24) is 26.4 Å². The number of amides is 4. The van der Waals surface area contributed by atoms with E-state index in [1.165, 1.54) is 18.5 Å². The van der Waals surface area contributed by atoms with Gasteiger partial charge >= 0.3 is 0 Å². The minimum atomic E-state index is -1.17. The van der Waals surface area contributed by atoms with Crippen molar-refractivity contribution in [2.75, 3.05) is 13.1 Å². The lowest BCUT2D eigenvalue weighted by atomic mass is 10.1. The molecule has 0 aliphatic carbocycles. The summed E-state index contributed by atoms with van der Waals surface area (Å²) < 4.78 is 4.90. The molecule has 0 spiro atoms. The number of carbonyl (C=O) groups excluding carboxylic acids is 4. The number of benzene rings is 1. The predicted octanol–water partition coefficient (Wildman–Crippen LogP) is 1.11. The van der Waals surface area contributed by atoms with Crippen LogP contribution in [0.4, 0.5) is 5.69 Å². The Balaban J connectivity index is 1.94. The summed E-state index contributed by atoms with van der Waals surface area (Å²) in [5, 5.41) is 14.2. The van der Waals surface area contributed by atoms with Gasteiger partial charge in [-0.25, -0.2) is 0 Å². The maximum absolute atomic E-state index is 12.8. The number of nitrogens with two attached hydrogens (primary N) is 1. The van der Waals surface area contributed by atoms with Crippen molar-refractivity contribution in [3.05, 3.63) is 59.6 Å². The third-order valence-corrected chi connectivity index (χ3v) is 4.63. The van der Waals surface area contributed by atoms with Crippen LogP contribution in [0.25, 0.3) is 0 Å². The van der Waals surface area contributed by atoms with Crippen molar-refractivity contribution >= 4 is 35.5 Å². The van der Waals surface area contributed by atoms with Crippen LogP contribution in [-0.2, 0) is 9.59 Å². The number of rotatable bonds is 11. The highest BCUT2D eigenvalue weighted by Crippen LogP contribution is 2.13. The zero-order chi connectivity index (χ0) is 27.4. The second-order valence-electron chi connectivity index (χ2n) is 9.11. The molecule has 0 radical (unpaired) electrons. The molecule has 1 aromatic heterocycles. The molecule has 1 aromatic carbocycles. The summed E-state index contributed by atoms with van der Waals surface area (Å²) in [7, 11) is 0. The quantitative estimate of drug-likeness (QED) is 0.221. The van der Waals surface area contributed by atoms with Gasteiger partial charge in [0.2, 0.25) is 11.8 Å². The molecule has 0 aliphatic rings. The molecule has 0 saturated heterocycles. The van der Waals surface area contributed by atoms with Gasteiger partial charge in [0.25, 0.3) is 11.8 Å². The normalized spacial score (nSPS) is 12.3. The van der Waals surface area contributed by atoms with Crippen LogP contribution in [0.5, 0.6) is 0 Å². The first-order valence-corrected chi connectivity index (χ1v) is 11.6. The molecule has 198 valence electrons. The van der Waals surface area contributed by atoms with Crippen molar-refractivity contribution in [3.8, 4) is 0 Å². The van der Waals surface area contributed by atoms with Crippen LogP contribution in [-0.4, -0.2) is 59.7 Å². The molecule has 12 heteroatoms. The van der Waals surface area contributed by atoms with Crippen LogP contribution < -0.4 is 27.0 Å². The number of allylic oxidation sites excluding steroid dienone is 1. The molecule has 0 saturated carbocycles. The Hall–Kier alpha value is -4.48. The van der Waals surface area contributed by atoms with E-state index in [2.05, 4.69) is 31.4 Å². The van der Waals surface area contributed by atoms with Crippen molar-refractivity contribution in [3.63, 3.8) is 0 Å². The van der Waals surface area contributed by atoms with E-state index in [9.17, 15) is 19.2 Å². The van der Waals surface area contributed by atoms with Gasteiger partial charge in [0, 0.05) is 36.5 Å². The number of nitrogens with one attached hydrogen (secondary N) is 4. The number of hydrogen-bond acceptors (Lipinski definition) is 8. The van der Waals surface area contributed by atoms with Crippen molar-refractivity contribution in [2.24, 2.45) is 10.7 Å². The smallest absolute Gasteiger partial charge is 0.274 e. The van der Waals surface area contributed by atoms with Crippen molar-refractivity contribution in [2.45, 2.75) is 45.7 Å². The van der Waals surface area contributed by atoms with Gasteiger partial charge in [-0.1, -0.05) is 11.2 Å². The van der Waals surface area contributed by atoms with Gasteiger partial charge in [0.15, 0.2) is 5.69 Å². The largest absolute Gasteiger partial charge is 0.405 e. The van der Waals surface area contributed by atoms with Gasteiger partial charge in [-0.2, -0.15) is 0 Å². The Kier molecular flexibility index (Phi) is 10.5. The van der Waals surface area contributed by atoms with E-state index in [4.69, 9.17) is 10.3 Å². The summed E-state index contributed by atoms with van der Waals surface area (Å²) in [6, 6.07) is 6.94. The van der Waals surface area contributed by atoms with Crippen LogP contribution in [0.15, 0.2) is 52.1 Å². The molecule has 12 nitrogen and oxygen atoms in total. The number of nitrogens with zero attached hydrogens (tertiary/aromatic N) is 2. The average Bonchev–Trinajstić information content (AvgIpc) is 3.26. The van der Waals surface area contributed by atoms with E-state index in [0.29, 0.717) is 17.0 Å². The topological polar surface area (TPSA) is 181 Å². The van der Waals surface area contributed by atoms with Crippen molar-refractivity contribution < 1.29 is 23.7 Å². The second kappa shape index (κ2) is 13.6. The predicted molar refractivity (Wildman–Crippen MR) is 138 cm³/mol. The van der Waals surface area contributed by atoms with Gasteiger partial charge < -0.3 is 31.5 Å². The molecule has 0 fully saturated rings. The van der Waals surface area contributed by atoms with Gasteiger partial charge in [-0.05, 0) is 58.2 Å². The number of aromatic nitrogens is 1. The monoisotopic (exact) mass is 511 g/mol. The van der Waals surface area contributed by atoms with Crippen molar-refractivity contribution in [1.29, 1.82) is 0 Å². The molecule has 4 amide bonds. The zero-order valence-electron chi connectivity index (χ0n) is 21.3. The first-order chi connectivity index (χ1) is 17.5. The lowest BCUT2D eigenvalue weighted by Gasteiger charge is -2.23. The molecule has 0 bridgehead atoms. The number of carbonyl (C=O) groups is 4. The fourth-order valence-corrected chi connectivity index (χ4v) is 3.06. The Bertz CT molecular complexity index is 1160. The van der Waals surface area contributed by atoms with Gasteiger partial charge in [-0.15, -0.1) is 0 Å². The second-order valence-corrected chi connectivity index (χ2v) is 9.11. The Morgan fingerprint density at radius 3 is 2.49 bits per heavy atom. The minimum Gasteiger partial charge on any atom is -0.405 e. The van der Waals surface area contributed by atoms with Gasteiger partial charge in [0.05, 0.1) is 12.1 Å². The molecule has 0 aliphatic heterocycles. The zero-order valence-corrected chi connectivity index (χ0v) is 21.3. The molecule has 1 atom stereocenters. The van der Waals surface area contributed by atoms with Crippen LogP contribution in [0.1, 0.15) is 53.8 Å². The Morgan fingerprint density at radius 2 is 1.84 bits per heavy atom. The van der Waals surface area contributed by atoms with Crippen LogP contribution in [0.3, 0.4) is 0 Å². The number of aliphatic imine (C=N–C) groups is 1. The minimum absolute atomic E-state index is 0.00981. The van der Waals surface area contributed by atoms with Crippen LogP contribution >= 0.6 is 0 Å². The summed E-state index contributed by atoms with van der Waals surface area (Å²) in [6.45, 7) is 7.23. The Morgan fingerprint density at radius 1 is 1.11 bits per heavy atom. The van der Waals surface area contributed by atoms with Crippen LogP contribution in [0, 0.1) is 6.92 Å². The summed E-state index contributed by atoms with van der Waals surface area (Å²) in [5.41, 5.74) is 5.71. The van der Waals surface area contributed by atoms with Gasteiger partial charge in [0.1, 0.15) is 11.8 Å². The summed E-state index contributed by atoms with van der Waals surface area (Å²) in [5.74, 6) is -1.58. The van der Waals surface area contributed by atoms with Crippen LogP contribution in [0.2, 0.25) is 0 Å². The highest BCUT2D eigenvalue weighted by Gasteiger charge is 2.27. The summed E-state index contributed by atoms with van der Waals surface area (Å²) in [6.07, 6.45) is 4.12. The molecular formula is C25H33N7O5. The van der Waals surface area contributed by atoms with E-state index >= 15 is 0 Å². The summed E-state index contributed by atoms with van der Waals surface area (Å²) in [4.78, 5) is 54.4. The van der Waals surface area contributed by atoms with E-state index in [0.717, 1.165) is 0 Å².